The number of amides is 1. The Bertz CT molecular complexity index is 106. The van der Waals surface area contributed by atoms with Crippen LogP contribution < -0.4 is 17.2 Å². The Kier molecular flexibility index (Phi) is 1.96. The SMILES string of the molecule is N=C(N)C(N)C(N)=O. The summed E-state index contributed by atoms with van der Waals surface area (Å²) in [6, 6.07) is -1.13. The molecule has 0 rings (SSSR count). The molecule has 0 bridgehead atoms. The number of rotatable bonds is 2. The lowest BCUT2D eigenvalue weighted by Gasteiger charge is -2.01. The summed E-state index contributed by atoms with van der Waals surface area (Å²) < 4.78 is 0. The zero-order chi connectivity index (χ0) is 6.73. The first-order valence-electron chi connectivity index (χ1n) is 1.94. The van der Waals surface area contributed by atoms with Crippen molar-refractivity contribution in [2.45, 2.75) is 6.04 Å². The molecule has 0 saturated carbocycles. The third-order valence-corrected chi connectivity index (χ3v) is 0.642. The average Bonchev–Trinajstić information content (AvgIpc) is 1.64. The molecule has 0 saturated heterocycles. The summed E-state index contributed by atoms with van der Waals surface area (Å²) in [5.41, 5.74) is 14.4. The summed E-state index contributed by atoms with van der Waals surface area (Å²) >= 11 is 0. The molecule has 0 radical (unpaired) electrons. The second kappa shape index (κ2) is 2.27. The van der Waals surface area contributed by atoms with Crippen LogP contribution in [0.5, 0.6) is 0 Å². The van der Waals surface area contributed by atoms with Crippen molar-refractivity contribution in [3.63, 3.8) is 0 Å². The molecule has 5 nitrogen and oxygen atoms in total. The van der Waals surface area contributed by atoms with Gasteiger partial charge in [0.15, 0.2) is 0 Å². The number of amidine groups is 1. The number of primary amides is 1. The molecule has 0 aliphatic carbocycles. The van der Waals surface area contributed by atoms with E-state index in [0.29, 0.717) is 0 Å². The fraction of sp³-hybridized carbons (Fsp3) is 0.333. The smallest absolute Gasteiger partial charge is 0.242 e. The van der Waals surface area contributed by atoms with Crippen molar-refractivity contribution in [2.24, 2.45) is 17.2 Å². The van der Waals surface area contributed by atoms with Crippen LogP contribution in [-0.2, 0) is 4.79 Å². The highest BCUT2D eigenvalue weighted by Crippen LogP contribution is 1.69. The van der Waals surface area contributed by atoms with E-state index in [4.69, 9.17) is 16.9 Å². The number of nitrogens with two attached hydrogens (primary N) is 3. The van der Waals surface area contributed by atoms with Gasteiger partial charge >= 0.3 is 0 Å². The Morgan fingerprint density at radius 1 is 1.50 bits per heavy atom. The van der Waals surface area contributed by atoms with Crippen LogP contribution in [0, 0.1) is 5.41 Å². The first kappa shape index (κ1) is 6.90. The standard InChI is InChI=1S/C3H8N4O/c4-1(2(5)6)3(7)8/h1H,4H2,(H3,5,6)(H2,7,8). The van der Waals surface area contributed by atoms with Gasteiger partial charge in [0.1, 0.15) is 11.9 Å². The molecule has 0 aliphatic rings. The molecule has 0 aromatic heterocycles. The normalized spacial score (nSPS) is 12.6. The second-order valence-corrected chi connectivity index (χ2v) is 1.34. The van der Waals surface area contributed by atoms with E-state index in [-0.39, 0.29) is 0 Å². The maximum Gasteiger partial charge on any atom is 0.242 e. The first-order valence-corrected chi connectivity index (χ1v) is 1.94. The van der Waals surface area contributed by atoms with Crippen LogP contribution in [0.4, 0.5) is 0 Å². The summed E-state index contributed by atoms with van der Waals surface area (Å²) in [7, 11) is 0. The molecule has 5 heteroatoms. The van der Waals surface area contributed by atoms with E-state index in [2.05, 4.69) is 5.73 Å². The van der Waals surface area contributed by atoms with Gasteiger partial charge < -0.3 is 17.2 Å². The fourth-order valence-corrected chi connectivity index (χ4v) is 0.153. The van der Waals surface area contributed by atoms with Gasteiger partial charge in [0, 0.05) is 0 Å². The largest absolute Gasteiger partial charge is 0.386 e. The fourth-order valence-electron chi connectivity index (χ4n) is 0.153. The van der Waals surface area contributed by atoms with Gasteiger partial charge in [0.2, 0.25) is 5.91 Å². The summed E-state index contributed by atoms with van der Waals surface area (Å²) in [4.78, 5) is 10.0. The van der Waals surface area contributed by atoms with Crippen LogP contribution >= 0.6 is 0 Å². The first-order chi connectivity index (χ1) is 3.55. The van der Waals surface area contributed by atoms with Crippen molar-refractivity contribution in [2.75, 3.05) is 0 Å². The van der Waals surface area contributed by atoms with Gasteiger partial charge in [-0.05, 0) is 0 Å². The Balaban J connectivity index is 3.83. The summed E-state index contributed by atoms with van der Waals surface area (Å²) in [6.07, 6.45) is 0. The molecular weight excluding hydrogens is 108 g/mol. The minimum Gasteiger partial charge on any atom is -0.386 e. The lowest BCUT2D eigenvalue weighted by atomic mass is 10.3. The van der Waals surface area contributed by atoms with E-state index in [9.17, 15) is 4.79 Å². The molecule has 8 heavy (non-hydrogen) atoms. The van der Waals surface area contributed by atoms with Gasteiger partial charge in [-0.15, -0.1) is 0 Å². The lowest BCUT2D eigenvalue weighted by molar-refractivity contribution is -0.117. The molecule has 0 fully saturated rings. The maximum absolute atomic E-state index is 10.0. The van der Waals surface area contributed by atoms with Gasteiger partial charge in [-0.2, -0.15) is 0 Å². The highest BCUT2D eigenvalue weighted by atomic mass is 16.1. The zero-order valence-electron chi connectivity index (χ0n) is 4.22. The van der Waals surface area contributed by atoms with Crippen molar-refractivity contribution in [3.05, 3.63) is 0 Å². The van der Waals surface area contributed by atoms with Gasteiger partial charge in [-0.1, -0.05) is 0 Å². The van der Waals surface area contributed by atoms with Crippen molar-refractivity contribution in [1.29, 1.82) is 5.41 Å². The van der Waals surface area contributed by atoms with Crippen molar-refractivity contribution < 1.29 is 4.79 Å². The number of nitrogens with one attached hydrogen (secondary N) is 1. The second-order valence-electron chi connectivity index (χ2n) is 1.34. The molecule has 1 atom stereocenters. The average molecular weight is 116 g/mol. The van der Waals surface area contributed by atoms with Crippen LogP contribution in [0.3, 0.4) is 0 Å². The highest BCUT2D eigenvalue weighted by Gasteiger charge is 2.10. The molecule has 7 N–H and O–H groups in total. The summed E-state index contributed by atoms with van der Waals surface area (Å²) in [6.45, 7) is 0. The van der Waals surface area contributed by atoms with E-state index in [1.165, 1.54) is 0 Å². The molecule has 0 aliphatic heterocycles. The number of hydrogen-bond donors (Lipinski definition) is 4. The Labute approximate surface area is 46.3 Å². The van der Waals surface area contributed by atoms with Crippen molar-refractivity contribution in [3.8, 4) is 0 Å². The van der Waals surface area contributed by atoms with E-state index in [1.807, 2.05) is 0 Å². The van der Waals surface area contributed by atoms with Crippen LogP contribution in [0.25, 0.3) is 0 Å². The van der Waals surface area contributed by atoms with Crippen molar-refractivity contribution in [1.82, 2.24) is 0 Å². The number of carbonyl (C=O) groups excluding carboxylic acids is 1. The van der Waals surface area contributed by atoms with Crippen LogP contribution in [0.2, 0.25) is 0 Å². The zero-order valence-corrected chi connectivity index (χ0v) is 4.22. The van der Waals surface area contributed by atoms with Gasteiger partial charge in [-0.3, -0.25) is 10.2 Å². The highest BCUT2D eigenvalue weighted by molar-refractivity contribution is 6.03. The van der Waals surface area contributed by atoms with Crippen molar-refractivity contribution >= 4 is 11.7 Å². The van der Waals surface area contributed by atoms with Gasteiger partial charge in [0.05, 0.1) is 0 Å². The lowest BCUT2D eigenvalue weighted by Crippen LogP contribution is -2.46. The van der Waals surface area contributed by atoms with E-state index < -0.39 is 17.8 Å². The predicted molar refractivity (Wildman–Crippen MR) is 29.1 cm³/mol. The quantitative estimate of drug-likeness (QED) is 0.240. The van der Waals surface area contributed by atoms with Crippen LogP contribution in [0.15, 0.2) is 0 Å². The third-order valence-electron chi connectivity index (χ3n) is 0.642. The Morgan fingerprint density at radius 3 is 1.88 bits per heavy atom. The minimum atomic E-state index is -1.13. The minimum absolute atomic E-state index is 0.405. The predicted octanol–water partition coefficient (Wildman–Crippen LogP) is -2.27. The third kappa shape index (κ3) is 1.57. The molecular formula is C3H8N4O. The van der Waals surface area contributed by atoms with E-state index in [1.54, 1.807) is 0 Å². The molecule has 0 heterocycles. The molecule has 0 aromatic carbocycles. The molecule has 46 valence electrons. The van der Waals surface area contributed by atoms with E-state index in [0.717, 1.165) is 0 Å². The molecule has 0 aromatic rings. The van der Waals surface area contributed by atoms with Gasteiger partial charge in [-0.25, -0.2) is 0 Å². The van der Waals surface area contributed by atoms with Crippen LogP contribution in [0.1, 0.15) is 0 Å². The molecule has 0 spiro atoms. The molecule has 1 amide bonds. The Morgan fingerprint density at radius 2 is 1.88 bits per heavy atom. The summed E-state index contributed by atoms with van der Waals surface area (Å²) in [5.74, 6) is -1.19. The summed E-state index contributed by atoms with van der Waals surface area (Å²) in [5, 5.41) is 6.58. The van der Waals surface area contributed by atoms with E-state index >= 15 is 0 Å². The molecule has 1 unspecified atom stereocenters. The number of carbonyl (C=O) groups is 1. The Hall–Kier alpha value is -1.10. The topological polar surface area (TPSA) is 119 Å². The van der Waals surface area contributed by atoms with Crippen LogP contribution in [-0.4, -0.2) is 17.8 Å². The monoisotopic (exact) mass is 116 g/mol. The van der Waals surface area contributed by atoms with Gasteiger partial charge in [0.25, 0.3) is 0 Å². The number of hydrogen-bond acceptors (Lipinski definition) is 3. The maximum atomic E-state index is 10.0.